The highest BCUT2D eigenvalue weighted by atomic mass is 16.6. The monoisotopic (exact) mass is 404 g/mol. The van der Waals surface area contributed by atoms with Crippen LogP contribution in [0.15, 0.2) is 18.2 Å². The third-order valence-electron chi connectivity index (χ3n) is 6.71. The van der Waals surface area contributed by atoms with E-state index in [2.05, 4.69) is 12.2 Å². The predicted molar refractivity (Wildman–Crippen MR) is 99.1 cm³/mol. The smallest absolute Gasteiger partial charge is 0.412 e. The molecule has 154 valence electrons. The second kappa shape index (κ2) is 6.39. The summed E-state index contributed by atoms with van der Waals surface area (Å²) in [5.74, 6) is 0.420. The molecule has 11 heteroatoms. The minimum absolute atomic E-state index is 0.116. The van der Waals surface area contributed by atoms with E-state index in [9.17, 15) is 29.8 Å². The lowest BCUT2D eigenvalue weighted by atomic mass is 9.80. The van der Waals surface area contributed by atoms with Gasteiger partial charge in [0.2, 0.25) is 0 Å². The van der Waals surface area contributed by atoms with Gasteiger partial charge in [0.15, 0.2) is 6.10 Å². The average Bonchev–Trinajstić information content (AvgIpc) is 3.19. The minimum atomic E-state index is -0.973. The Balaban J connectivity index is 1.52. The van der Waals surface area contributed by atoms with Crippen molar-refractivity contribution in [2.75, 3.05) is 11.9 Å². The Morgan fingerprint density at radius 3 is 2.34 bits per heavy atom. The van der Waals surface area contributed by atoms with Crippen molar-refractivity contribution in [2.45, 2.75) is 38.3 Å². The molecule has 1 aromatic carbocycles. The topological polar surface area (TPSA) is 145 Å². The summed E-state index contributed by atoms with van der Waals surface area (Å²) in [6, 6.07) is 2.79. The fourth-order valence-electron chi connectivity index (χ4n) is 5.48. The Morgan fingerprint density at radius 1 is 1.17 bits per heavy atom. The highest BCUT2D eigenvalue weighted by Crippen LogP contribution is 2.58. The van der Waals surface area contributed by atoms with Crippen molar-refractivity contribution in [3.63, 3.8) is 0 Å². The van der Waals surface area contributed by atoms with Crippen LogP contribution in [0.4, 0.5) is 21.9 Å². The number of non-ortho nitro benzene ring substituents is 2. The Hall–Kier alpha value is -3.24. The first-order valence-corrected chi connectivity index (χ1v) is 9.36. The van der Waals surface area contributed by atoms with Crippen LogP contribution in [0, 0.1) is 38.0 Å². The Bertz CT molecular complexity index is 903. The van der Waals surface area contributed by atoms with Gasteiger partial charge in [0.05, 0.1) is 27.1 Å². The standard InChI is InChI=1S/C18H20N4O7/c1-9-8-20-16(23)15(14-4-3-13(9)18(14,20)2)29-17(24)19-10-5-11(21(25)26)7-12(6-10)22(27)28/h5-7,9,13-15H,3-4,8H2,1-2H3,(H,19,24)/t9-,13+,14-,15+,18-/m1/s1. The molecule has 1 aliphatic carbocycles. The number of benzene rings is 1. The van der Waals surface area contributed by atoms with E-state index in [1.165, 1.54) is 0 Å². The lowest BCUT2D eigenvalue weighted by molar-refractivity contribution is -0.394. The van der Waals surface area contributed by atoms with Gasteiger partial charge in [0, 0.05) is 24.6 Å². The van der Waals surface area contributed by atoms with E-state index < -0.39 is 33.4 Å². The summed E-state index contributed by atoms with van der Waals surface area (Å²) < 4.78 is 5.41. The molecule has 1 aromatic rings. The number of anilines is 1. The van der Waals surface area contributed by atoms with Crippen molar-refractivity contribution in [1.29, 1.82) is 0 Å². The first-order chi connectivity index (χ1) is 13.6. The number of carbonyl (C=O) groups is 2. The Labute approximate surface area is 165 Å². The zero-order chi connectivity index (χ0) is 21.1. The van der Waals surface area contributed by atoms with E-state index in [4.69, 9.17) is 4.74 Å². The highest BCUT2D eigenvalue weighted by molar-refractivity contribution is 5.91. The van der Waals surface area contributed by atoms with E-state index in [-0.39, 0.29) is 23.1 Å². The van der Waals surface area contributed by atoms with Crippen molar-refractivity contribution in [1.82, 2.24) is 4.90 Å². The first kappa shape index (κ1) is 19.1. The number of ether oxygens (including phenoxy) is 1. The summed E-state index contributed by atoms with van der Waals surface area (Å²) in [7, 11) is 0. The molecule has 1 N–H and O–H groups in total. The van der Waals surface area contributed by atoms with Gasteiger partial charge in [-0.15, -0.1) is 0 Å². The molecule has 29 heavy (non-hydrogen) atoms. The van der Waals surface area contributed by atoms with E-state index in [1.54, 1.807) is 0 Å². The van der Waals surface area contributed by atoms with Crippen LogP contribution in [0.25, 0.3) is 0 Å². The number of hydrogen-bond donors (Lipinski definition) is 1. The molecule has 0 unspecified atom stereocenters. The molecule has 3 fully saturated rings. The molecule has 11 nitrogen and oxygen atoms in total. The molecule has 5 atom stereocenters. The molecular weight excluding hydrogens is 384 g/mol. The summed E-state index contributed by atoms with van der Waals surface area (Å²) in [6.45, 7) is 4.80. The molecule has 1 saturated carbocycles. The number of amides is 2. The second-order valence-electron chi connectivity index (χ2n) is 8.15. The molecule has 0 aromatic heterocycles. The van der Waals surface area contributed by atoms with Crippen LogP contribution in [-0.4, -0.2) is 44.9 Å². The normalized spacial score (nSPS) is 32.2. The summed E-state index contributed by atoms with van der Waals surface area (Å²) in [5.41, 5.74) is -1.54. The molecule has 0 spiro atoms. The lowest BCUT2D eigenvalue weighted by Crippen LogP contribution is -2.42. The van der Waals surface area contributed by atoms with Crippen LogP contribution < -0.4 is 5.32 Å². The Morgan fingerprint density at radius 2 is 1.76 bits per heavy atom. The van der Waals surface area contributed by atoms with Gasteiger partial charge in [-0.05, 0) is 31.6 Å². The van der Waals surface area contributed by atoms with Crippen LogP contribution in [0.2, 0.25) is 0 Å². The molecule has 2 amide bonds. The summed E-state index contributed by atoms with van der Waals surface area (Å²) in [4.78, 5) is 47.4. The van der Waals surface area contributed by atoms with Gasteiger partial charge in [-0.1, -0.05) is 6.92 Å². The molecule has 2 aliphatic heterocycles. The van der Waals surface area contributed by atoms with Gasteiger partial charge in [-0.3, -0.25) is 30.3 Å². The van der Waals surface area contributed by atoms with Crippen molar-refractivity contribution < 1.29 is 24.2 Å². The number of nitrogens with one attached hydrogen (secondary N) is 1. The molecular formula is C18H20N4O7. The molecule has 2 heterocycles. The number of hydrogen-bond acceptors (Lipinski definition) is 7. The fourth-order valence-corrected chi connectivity index (χ4v) is 5.48. The first-order valence-electron chi connectivity index (χ1n) is 9.36. The second-order valence-corrected chi connectivity index (χ2v) is 8.15. The van der Waals surface area contributed by atoms with Gasteiger partial charge in [-0.25, -0.2) is 4.79 Å². The minimum Gasteiger partial charge on any atom is -0.435 e. The summed E-state index contributed by atoms with van der Waals surface area (Å²) in [6.07, 6.45) is -0.163. The van der Waals surface area contributed by atoms with Gasteiger partial charge in [-0.2, -0.15) is 0 Å². The van der Waals surface area contributed by atoms with Gasteiger partial charge in [0.1, 0.15) is 0 Å². The number of nitro groups is 2. The third kappa shape index (κ3) is 2.79. The Kier molecular flexibility index (Phi) is 4.21. The van der Waals surface area contributed by atoms with Crippen LogP contribution in [-0.2, 0) is 9.53 Å². The molecule has 3 aliphatic rings. The number of nitrogens with zero attached hydrogens (tertiary/aromatic N) is 3. The van der Waals surface area contributed by atoms with Crippen LogP contribution in [0.3, 0.4) is 0 Å². The maximum atomic E-state index is 12.8. The zero-order valence-electron chi connectivity index (χ0n) is 15.9. The summed E-state index contributed by atoms with van der Waals surface area (Å²) >= 11 is 0. The van der Waals surface area contributed by atoms with Crippen molar-refractivity contribution in [3.05, 3.63) is 38.4 Å². The largest absolute Gasteiger partial charge is 0.435 e. The molecule has 0 bridgehead atoms. The summed E-state index contributed by atoms with van der Waals surface area (Å²) in [5, 5.41) is 24.3. The van der Waals surface area contributed by atoms with E-state index >= 15 is 0 Å². The highest BCUT2D eigenvalue weighted by Gasteiger charge is 2.67. The van der Waals surface area contributed by atoms with Crippen molar-refractivity contribution in [2.24, 2.45) is 17.8 Å². The number of nitro benzene ring substituents is 2. The van der Waals surface area contributed by atoms with E-state index in [1.807, 2.05) is 11.8 Å². The predicted octanol–water partition coefficient (Wildman–Crippen LogP) is 2.70. The SMILES string of the molecule is C[C@@H]1CN2C(=O)[C@@H](OC(=O)Nc3cc([N+](=O)[O-])cc([N+](=O)[O-])c3)[C@H]3CC[C@@H]1[C@]32C. The lowest BCUT2D eigenvalue weighted by Gasteiger charge is -2.31. The maximum absolute atomic E-state index is 12.8. The number of carbonyl (C=O) groups excluding carboxylic acids is 2. The van der Waals surface area contributed by atoms with E-state index in [0.717, 1.165) is 31.0 Å². The van der Waals surface area contributed by atoms with Crippen LogP contribution in [0.5, 0.6) is 0 Å². The van der Waals surface area contributed by atoms with Crippen molar-refractivity contribution >= 4 is 29.1 Å². The quantitative estimate of drug-likeness (QED) is 0.600. The number of rotatable bonds is 4. The third-order valence-corrected chi connectivity index (χ3v) is 6.71. The van der Waals surface area contributed by atoms with Gasteiger partial charge in [0.25, 0.3) is 17.3 Å². The van der Waals surface area contributed by atoms with Gasteiger partial charge >= 0.3 is 6.09 Å². The molecule has 4 rings (SSSR count). The maximum Gasteiger partial charge on any atom is 0.412 e. The van der Waals surface area contributed by atoms with Crippen LogP contribution in [0.1, 0.15) is 26.7 Å². The van der Waals surface area contributed by atoms with E-state index in [0.29, 0.717) is 18.4 Å². The molecule has 2 saturated heterocycles. The molecule has 0 radical (unpaired) electrons. The fraction of sp³-hybridized carbons (Fsp3) is 0.556. The zero-order valence-corrected chi connectivity index (χ0v) is 15.9. The van der Waals surface area contributed by atoms with Crippen LogP contribution >= 0.6 is 0 Å². The van der Waals surface area contributed by atoms with Crippen molar-refractivity contribution in [3.8, 4) is 0 Å². The average molecular weight is 404 g/mol. The van der Waals surface area contributed by atoms with Gasteiger partial charge < -0.3 is 9.64 Å².